The average Bonchev–Trinajstić information content (AvgIpc) is 1.81. The van der Waals surface area contributed by atoms with Crippen LogP contribution >= 0.6 is 0 Å². The van der Waals surface area contributed by atoms with E-state index in [1.165, 1.54) is 0 Å². The molecule has 1 saturated heterocycles. The lowest BCUT2D eigenvalue weighted by atomic mass is 9.86. The summed E-state index contributed by atoms with van der Waals surface area (Å²) in [4.78, 5) is 11.3. The van der Waals surface area contributed by atoms with Crippen LogP contribution in [0.3, 0.4) is 0 Å². The molecular weight excluding hydrogens is 142 g/mol. The molecule has 0 aliphatic carbocycles. The smallest absolute Gasteiger partial charge is 0.180 e. The Balaban J connectivity index is 2.75. The molecule has 0 spiro atoms. The van der Waals surface area contributed by atoms with Crippen molar-refractivity contribution in [3.8, 4) is 0 Å². The Morgan fingerprint density at radius 2 is 2.18 bits per heavy atom. The lowest BCUT2D eigenvalue weighted by Gasteiger charge is -2.35. The molecule has 1 heterocycles. The zero-order valence-electron chi connectivity index (χ0n) is 7.26. The van der Waals surface area contributed by atoms with Crippen LogP contribution in [-0.4, -0.2) is 23.5 Å². The maximum Gasteiger partial charge on any atom is 0.180 e. The van der Waals surface area contributed by atoms with Crippen molar-refractivity contribution in [2.24, 2.45) is 5.73 Å². The second-order valence-electron chi connectivity index (χ2n) is 3.57. The fraction of sp³-hybridized carbons (Fsp3) is 0.875. The van der Waals surface area contributed by atoms with Gasteiger partial charge in [-0.2, -0.15) is 0 Å². The molecule has 2 N–H and O–H groups in total. The highest BCUT2D eigenvalue weighted by atomic mass is 16.5. The van der Waals surface area contributed by atoms with Crippen LogP contribution in [0.25, 0.3) is 0 Å². The van der Waals surface area contributed by atoms with Gasteiger partial charge in [-0.15, -0.1) is 0 Å². The fourth-order valence-electron chi connectivity index (χ4n) is 1.62. The molecule has 0 amide bonds. The molecule has 3 nitrogen and oxygen atoms in total. The predicted molar refractivity (Wildman–Crippen MR) is 42.2 cm³/mol. The second kappa shape index (κ2) is 2.57. The largest absolute Gasteiger partial charge is 0.368 e. The van der Waals surface area contributed by atoms with Crippen molar-refractivity contribution in [3.63, 3.8) is 0 Å². The highest BCUT2D eigenvalue weighted by Crippen LogP contribution is 2.22. The first-order valence-electron chi connectivity index (χ1n) is 3.92. The molecule has 0 bridgehead atoms. The summed E-state index contributed by atoms with van der Waals surface area (Å²) in [7, 11) is 0. The van der Waals surface area contributed by atoms with Gasteiger partial charge in [-0.05, 0) is 27.2 Å². The Labute approximate surface area is 66.9 Å². The predicted octanol–water partition coefficient (Wildman–Crippen LogP) is 0.470. The summed E-state index contributed by atoms with van der Waals surface area (Å²) in [6.07, 6.45) is 0.377. The van der Waals surface area contributed by atoms with E-state index in [-0.39, 0.29) is 18.0 Å². The number of carbonyl (C=O) groups excluding carboxylic acids is 1. The minimum absolute atomic E-state index is 0.00981. The third-order valence-corrected chi connectivity index (χ3v) is 2.08. The molecule has 1 rings (SSSR count). The van der Waals surface area contributed by atoms with Crippen molar-refractivity contribution in [2.75, 3.05) is 0 Å². The van der Waals surface area contributed by atoms with Gasteiger partial charge in [0.15, 0.2) is 5.78 Å². The number of ketones is 1. The number of hydrogen-bond donors (Lipinski definition) is 1. The molecule has 0 aromatic rings. The minimum atomic E-state index is -0.683. The quantitative estimate of drug-likeness (QED) is 0.556. The third-order valence-electron chi connectivity index (χ3n) is 2.08. The number of hydrogen-bond acceptors (Lipinski definition) is 3. The van der Waals surface area contributed by atoms with Crippen molar-refractivity contribution in [2.45, 2.75) is 44.9 Å². The van der Waals surface area contributed by atoms with Crippen molar-refractivity contribution >= 4 is 5.78 Å². The van der Waals surface area contributed by atoms with E-state index in [4.69, 9.17) is 10.5 Å². The molecule has 1 aliphatic rings. The molecule has 0 radical (unpaired) electrons. The lowest BCUT2D eigenvalue weighted by molar-refractivity contribution is -0.147. The SMILES string of the molecule is CC1O[C@H](C)CC(C)(N)C1=O. The molecule has 3 heteroatoms. The molecule has 0 saturated carbocycles. The summed E-state index contributed by atoms with van der Waals surface area (Å²) >= 11 is 0. The van der Waals surface area contributed by atoms with Crippen LogP contribution in [0, 0.1) is 0 Å². The van der Waals surface area contributed by atoms with Gasteiger partial charge < -0.3 is 10.5 Å². The first-order valence-corrected chi connectivity index (χ1v) is 3.92. The topological polar surface area (TPSA) is 52.3 Å². The third kappa shape index (κ3) is 1.60. The van der Waals surface area contributed by atoms with Crippen LogP contribution < -0.4 is 5.73 Å². The fourth-order valence-corrected chi connectivity index (χ4v) is 1.62. The van der Waals surface area contributed by atoms with Gasteiger partial charge in [-0.3, -0.25) is 4.79 Å². The normalized spacial score (nSPS) is 46.0. The molecule has 1 fully saturated rings. The van der Waals surface area contributed by atoms with Crippen molar-refractivity contribution in [3.05, 3.63) is 0 Å². The van der Waals surface area contributed by atoms with Crippen LogP contribution in [-0.2, 0) is 9.53 Å². The number of ether oxygens (including phenoxy) is 1. The highest BCUT2D eigenvalue weighted by molar-refractivity contribution is 5.92. The van der Waals surface area contributed by atoms with E-state index in [1.54, 1.807) is 13.8 Å². The summed E-state index contributed by atoms with van der Waals surface area (Å²) in [6.45, 7) is 5.46. The molecule has 0 aromatic heterocycles. The average molecular weight is 157 g/mol. The van der Waals surface area contributed by atoms with Crippen LogP contribution in [0.2, 0.25) is 0 Å². The van der Waals surface area contributed by atoms with Gasteiger partial charge in [-0.25, -0.2) is 0 Å². The Kier molecular flexibility index (Phi) is 2.03. The molecule has 11 heavy (non-hydrogen) atoms. The van der Waals surface area contributed by atoms with Gasteiger partial charge in [0.2, 0.25) is 0 Å². The van der Waals surface area contributed by atoms with E-state index < -0.39 is 5.54 Å². The Morgan fingerprint density at radius 3 is 2.64 bits per heavy atom. The van der Waals surface area contributed by atoms with Crippen LogP contribution in [0.4, 0.5) is 0 Å². The first kappa shape index (κ1) is 8.68. The van der Waals surface area contributed by atoms with E-state index in [0.29, 0.717) is 6.42 Å². The van der Waals surface area contributed by atoms with E-state index in [9.17, 15) is 4.79 Å². The Morgan fingerprint density at radius 1 is 1.64 bits per heavy atom. The number of rotatable bonds is 0. The zero-order chi connectivity index (χ0) is 8.65. The summed E-state index contributed by atoms with van der Waals surface area (Å²) < 4.78 is 5.30. The van der Waals surface area contributed by atoms with Crippen molar-refractivity contribution < 1.29 is 9.53 Å². The minimum Gasteiger partial charge on any atom is -0.368 e. The summed E-state index contributed by atoms with van der Waals surface area (Å²) in [6, 6.07) is 0. The highest BCUT2D eigenvalue weighted by Gasteiger charge is 2.39. The molecule has 3 atom stereocenters. The van der Waals surface area contributed by atoms with Gasteiger partial charge in [0, 0.05) is 0 Å². The second-order valence-corrected chi connectivity index (χ2v) is 3.57. The Hall–Kier alpha value is -0.410. The van der Waals surface area contributed by atoms with Gasteiger partial charge in [0.1, 0.15) is 6.10 Å². The van der Waals surface area contributed by atoms with E-state index in [0.717, 1.165) is 0 Å². The van der Waals surface area contributed by atoms with E-state index >= 15 is 0 Å². The number of carbonyl (C=O) groups is 1. The number of nitrogens with two attached hydrogens (primary N) is 1. The summed E-state index contributed by atoms with van der Waals surface area (Å²) in [5.74, 6) is 0.00981. The van der Waals surface area contributed by atoms with E-state index in [2.05, 4.69) is 0 Å². The van der Waals surface area contributed by atoms with Gasteiger partial charge in [0.05, 0.1) is 11.6 Å². The number of Topliss-reactive ketones (excluding diaryl/α,β-unsaturated/α-hetero) is 1. The van der Waals surface area contributed by atoms with Crippen molar-refractivity contribution in [1.29, 1.82) is 0 Å². The monoisotopic (exact) mass is 157 g/mol. The molecule has 2 unspecified atom stereocenters. The lowest BCUT2D eigenvalue weighted by Crippen LogP contribution is -2.56. The zero-order valence-corrected chi connectivity index (χ0v) is 7.26. The van der Waals surface area contributed by atoms with Gasteiger partial charge in [0.25, 0.3) is 0 Å². The van der Waals surface area contributed by atoms with Crippen LogP contribution in [0.1, 0.15) is 27.2 Å². The van der Waals surface area contributed by atoms with Gasteiger partial charge in [-0.1, -0.05) is 0 Å². The Bertz CT molecular complexity index is 177. The first-order chi connectivity index (χ1) is 4.93. The van der Waals surface area contributed by atoms with Crippen LogP contribution in [0.15, 0.2) is 0 Å². The van der Waals surface area contributed by atoms with Crippen molar-refractivity contribution in [1.82, 2.24) is 0 Å². The maximum atomic E-state index is 11.3. The molecule has 64 valence electrons. The molecule has 1 aliphatic heterocycles. The standard InChI is InChI=1S/C8H15NO2/c1-5-4-8(3,9)7(10)6(2)11-5/h5-6H,4,9H2,1-3H3/t5-,6?,8?/m1/s1. The summed E-state index contributed by atoms with van der Waals surface area (Å²) in [5.41, 5.74) is 5.09. The maximum absolute atomic E-state index is 11.3. The molecule has 0 aromatic carbocycles. The van der Waals surface area contributed by atoms with Gasteiger partial charge >= 0.3 is 0 Å². The summed E-state index contributed by atoms with van der Waals surface area (Å²) in [5, 5.41) is 0. The van der Waals surface area contributed by atoms with Crippen LogP contribution in [0.5, 0.6) is 0 Å². The van der Waals surface area contributed by atoms with E-state index in [1.807, 2.05) is 6.92 Å². The molecular formula is C8H15NO2.